The maximum Gasteiger partial charge on any atom is 0.0651 e. The third-order valence-electron chi connectivity index (χ3n) is 2.57. The molecular weight excluding hydrogens is 202 g/mol. The van der Waals surface area contributed by atoms with Gasteiger partial charge in [-0.25, -0.2) is 0 Å². The van der Waals surface area contributed by atoms with E-state index in [-0.39, 0.29) is 0 Å². The Labute approximate surface area is 97.1 Å². The molecule has 1 aliphatic rings. The van der Waals surface area contributed by atoms with E-state index >= 15 is 0 Å². The maximum atomic E-state index is 4.52. The molecule has 0 aromatic carbocycles. The van der Waals surface area contributed by atoms with Crippen LogP contribution in [0.3, 0.4) is 0 Å². The molecule has 1 heterocycles. The monoisotopic (exact) mass is 221 g/mol. The normalized spacial score (nSPS) is 28.5. The minimum Gasteiger partial charge on any atom is -0.264 e. The summed E-state index contributed by atoms with van der Waals surface area (Å²) >= 11 is 1.91. The zero-order chi connectivity index (χ0) is 11.3. The molecule has 0 aromatic rings. The van der Waals surface area contributed by atoms with Crippen LogP contribution in [0.5, 0.6) is 0 Å². The number of hydrogen-bond acceptors (Lipinski definition) is 2. The molecule has 82 valence electrons. The third kappa shape index (κ3) is 3.38. The summed E-state index contributed by atoms with van der Waals surface area (Å²) in [6.07, 6.45) is 9.48. The van der Waals surface area contributed by atoms with E-state index in [1.165, 1.54) is 16.2 Å². The van der Waals surface area contributed by atoms with E-state index in [1.807, 2.05) is 18.7 Å². The summed E-state index contributed by atoms with van der Waals surface area (Å²) in [5.74, 6) is 0. The van der Waals surface area contributed by atoms with Gasteiger partial charge in [0.2, 0.25) is 0 Å². The number of nitrogens with zero attached hydrogens (tertiary/aromatic N) is 1. The summed E-state index contributed by atoms with van der Waals surface area (Å²) < 4.78 is 0. The maximum absolute atomic E-state index is 4.52. The SMILES string of the molecule is C/C=C1\C/C(=C\C)S[C@H](/C(C)=C/C)C=N1. The molecule has 0 unspecified atom stereocenters. The lowest BCUT2D eigenvalue weighted by Crippen LogP contribution is -2.04. The van der Waals surface area contributed by atoms with Gasteiger partial charge in [0.25, 0.3) is 0 Å². The fourth-order valence-corrected chi connectivity index (χ4v) is 2.48. The van der Waals surface area contributed by atoms with Gasteiger partial charge in [0.15, 0.2) is 0 Å². The second kappa shape index (κ2) is 5.96. The Morgan fingerprint density at radius 2 is 2.13 bits per heavy atom. The predicted octanol–water partition coefficient (Wildman–Crippen LogP) is 4.34. The number of aliphatic imine (C=N–C) groups is 1. The van der Waals surface area contributed by atoms with Crippen LogP contribution in [0, 0.1) is 0 Å². The number of hydrogen-bond donors (Lipinski definition) is 0. The molecule has 0 N–H and O–H groups in total. The molecule has 1 atom stereocenters. The molecule has 0 aromatic heterocycles. The van der Waals surface area contributed by atoms with Crippen LogP contribution in [0.15, 0.2) is 39.4 Å². The quantitative estimate of drug-likeness (QED) is 0.600. The Morgan fingerprint density at radius 3 is 2.67 bits per heavy atom. The van der Waals surface area contributed by atoms with E-state index < -0.39 is 0 Å². The molecule has 1 aliphatic heterocycles. The van der Waals surface area contributed by atoms with Crippen LogP contribution in [-0.2, 0) is 0 Å². The largest absolute Gasteiger partial charge is 0.264 e. The lowest BCUT2D eigenvalue weighted by molar-refractivity contribution is 1.14. The lowest BCUT2D eigenvalue weighted by Gasteiger charge is -2.11. The molecule has 1 rings (SSSR count). The fourth-order valence-electron chi connectivity index (χ4n) is 1.34. The van der Waals surface area contributed by atoms with E-state index in [9.17, 15) is 0 Å². The summed E-state index contributed by atoms with van der Waals surface area (Å²) in [7, 11) is 0. The second-order valence-electron chi connectivity index (χ2n) is 3.56. The van der Waals surface area contributed by atoms with Crippen molar-refractivity contribution < 1.29 is 0 Å². The first-order valence-electron chi connectivity index (χ1n) is 5.35. The van der Waals surface area contributed by atoms with Gasteiger partial charge >= 0.3 is 0 Å². The molecule has 0 spiro atoms. The highest BCUT2D eigenvalue weighted by Gasteiger charge is 2.15. The van der Waals surface area contributed by atoms with Crippen LogP contribution < -0.4 is 0 Å². The van der Waals surface area contributed by atoms with Crippen molar-refractivity contribution in [2.45, 2.75) is 39.4 Å². The van der Waals surface area contributed by atoms with Crippen molar-refractivity contribution in [3.8, 4) is 0 Å². The van der Waals surface area contributed by atoms with Gasteiger partial charge in [-0.05, 0) is 32.6 Å². The van der Waals surface area contributed by atoms with Crippen molar-refractivity contribution in [1.29, 1.82) is 0 Å². The van der Waals surface area contributed by atoms with Gasteiger partial charge in [-0.15, -0.1) is 11.8 Å². The highest BCUT2D eigenvalue weighted by Crippen LogP contribution is 2.33. The first kappa shape index (κ1) is 12.3. The van der Waals surface area contributed by atoms with Gasteiger partial charge < -0.3 is 0 Å². The van der Waals surface area contributed by atoms with Crippen LogP contribution in [0.1, 0.15) is 34.1 Å². The minimum absolute atomic E-state index is 0.402. The Hall–Kier alpha value is -0.760. The van der Waals surface area contributed by atoms with Crippen LogP contribution in [0.4, 0.5) is 0 Å². The molecule has 0 aliphatic carbocycles. The number of rotatable bonds is 1. The molecule has 0 fully saturated rings. The van der Waals surface area contributed by atoms with E-state index in [0.717, 1.165) is 6.42 Å². The Morgan fingerprint density at radius 1 is 1.40 bits per heavy atom. The first-order chi connectivity index (χ1) is 7.21. The van der Waals surface area contributed by atoms with Crippen molar-refractivity contribution in [2.75, 3.05) is 0 Å². The van der Waals surface area contributed by atoms with Crippen molar-refractivity contribution >= 4 is 18.0 Å². The average Bonchev–Trinajstić information content (AvgIpc) is 2.49. The molecule has 0 radical (unpaired) electrons. The molecule has 15 heavy (non-hydrogen) atoms. The summed E-state index contributed by atoms with van der Waals surface area (Å²) in [4.78, 5) is 5.93. The molecule has 0 amide bonds. The molecule has 1 nitrogen and oxygen atoms in total. The highest BCUT2D eigenvalue weighted by molar-refractivity contribution is 8.04. The Bertz CT molecular complexity index is 334. The first-order valence-corrected chi connectivity index (χ1v) is 6.23. The van der Waals surface area contributed by atoms with Crippen molar-refractivity contribution in [1.82, 2.24) is 0 Å². The molecule has 0 saturated carbocycles. The third-order valence-corrected chi connectivity index (χ3v) is 4.00. The Kier molecular flexibility index (Phi) is 4.89. The van der Waals surface area contributed by atoms with Crippen molar-refractivity contribution in [3.05, 3.63) is 34.4 Å². The van der Waals surface area contributed by atoms with Gasteiger partial charge in [0, 0.05) is 18.3 Å². The van der Waals surface area contributed by atoms with E-state index in [2.05, 4.69) is 50.2 Å². The standard InChI is InChI=1S/C13H19NS/c1-5-10(4)13-9-14-11(6-2)8-12(7-3)15-13/h5-7,9,13H,8H2,1-4H3/b10-5+,11-6+,12-7+/t13-/m0/s1. The lowest BCUT2D eigenvalue weighted by atomic mass is 10.2. The smallest absolute Gasteiger partial charge is 0.0651 e. The van der Waals surface area contributed by atoms with Crippen molar-refractivity contribution in [2.24, 2.45) is 4.99 Å². The second-order valence-corrected chi connectivity index (χ2v) is 4.83. The molecular formula is C13H19NS. The molecule has 0 saturated heterocycles. The van der Waals surface area contributed by atoms with Gasteiger partial charge in [-0.1, -0.05) is 23.8 Å². The average molecular weight is 221 g/mol. The summed E-state index contributed by atoms with van der Waals surface area (Å²) in [5.41, 5.74) is 2.54. The van der Waals surface area contributed by atoms with Gasteiger partial charge in [0.1, 0.15) is 0 Å². The van der Waals surface area contributed by atoms with Gasteiger partial charge in [-0.2, -0.15) is 0 Å². The summed E-state index contributed by atoms with van der Waals surface area (Å²) in [6.45, 7) is 8.40. The molecule has 0 bridgehead atoms. The van der Waals surface area contributed by atoms with E-state index in [0.29, 0.717) is 5.25 Å². The van der Waals surface area contributed by atoms with E-state index in [1.54, 1.807) is 0 Å². The zero-order valence-electron chi connectivity index (χ0n) is 9.95. The van der Waals surface area contributed by atoms with Gasteiger partial charge in [-0.3, -0.25) is 4.99 Å². The topological polar surface area (TPSA) is 12.4 Å². The predicted molar refractivity (Wildman–Crippen MR) is 71.4 cm³/mol. The van der Waals surface area contributed by atoms with Crippen LogP contribution >= 0.6 is 11.8 Å². The highest BCUT2D eigenvalue weighted by atomic mass is 32.2. The Balaban J connectivity index is 2.94. The fraction of sp³-hybridized carbons (Fsp3) is 0.462. The zero-order valence-corrected chi connectivity index (χ0v) is 10.8. The van der Waals surface area contributed by atoms with E-state index in [4.69, 9.17) is 0 Å². The van der Waals surface area contributed by atoms with Gasteiger partial charge in [0.05, 0.1) is 5.25 Å². The molecule has 2 heteroatoms. The van der Waals surface area contributed by atoms with Crippen LogP contribution in [0.25, 0.3) is 0 Å². The van der Waals surface area contributed by atoms with Crippen molar-refractivity contribution in [3.63, 3.8) is 0 Å². The summed E-state index contributed by atoms with van der Waals surface area (Å²) in [5, 5.41) is 0.402. The summed E-state index contributed by atoms with van der Waals surface area (Å²) in [6, 6.07) is 0. The number of thioether (sulfide) groups is 1. The minimum atomic E-state index is 0.402. The van der Waals surface area contributed by atoms with Crippen LogP contribution in [0.2, 0.25) is 0 Å². The number of allylic oxidation sites excluding steroid dienone is 4. The van der Waals surface area contributed by atoms with Crippen LogP contribution in [-0.4, -0.2) is 11.5 Å².